The van der Waals surface area contributed by atoms with Crippen LogP contribution in [0.2, 0.25) is 0 Å². The number of fused-ring (bicyclic) bond motifs is 1. The van der Waals surface area contributed by atoms with Crippen molar-refractivity contribution in [1.29, 1.82) is 0 Å². The van der Waals surface area contributed by atoms with Crippen molar-refractivity contribution >= 4 is 56.8 Å². The van der Waals surface area contributed by atoms with Gasteiger partial charge in [0.25, 0.3) is 5.91 Å². The van der Waals surface area contributed by atoms with E-state index in [1.165, 1.54) is 50.4 Å². The van der Waals surface area contributed by atoms with Gasteiger partial charge in [0.1, 0.15) is 5.75 Å². The number of hydrogen-bond donors (Lipinski definition) is 1. The van der Waals surface area contributed by atoms with Crippen molar-refractivity contribution in [1.82, 2.24) is 10.2 Å². The third-order valence-electron chi connectivity index (χ3n) is 7.18. The summed E-state index contributed by atoms with van der Waals surface area (Å²) in [7, 11) is 0. The predicted octanol–water partition coefficient (Wildman–Crippen LogP) is 7.95. The first kappa shape index (κ1) is 29.3. The molecule has 44 heavy (non-hydrogen) atoms. The summed E-state index contributed by atoms with van der Waals surface area (Å²) in [6, 6.07) is 30.1. The van der Waals surface area contributed by atoms with Gasteiger partial charge in [-0.3, -0.25) is 14.5 Å². The molecular weight excluding hydrogens is 591 g/mol. The zero-order valence-corrected chi connectivity index (χ0v) is 25.6. The topological polar surface area (TPSA) is 92.6 Å². The lowest BCUT2D eigenvalue weighted by atomic mass is 9.95. The first-order valence-electron chi connectivity index (χ1n) is 14.2. The average molecular weight is 620 g/mol. The Balaban J connectivity index is 1.32. The molecule has 4 aromatic carbocycles. The van der Waals surface area contributed by atoms with Crippen LogP contribution in [0.3, 0.4) is 0 Å². The van der Waals surface area contributed by atoms with Crippen LogP contribution < -0.4 is 9.64 Å². The van der Waals surface area contributed by atoms with Crippen LogP contribution in [-0.2, 0) is 15.3 Å². The summed E-state index contributed by atoms with van der Waals surface area (Å²) in [5.41, 5.74) is 2.59. The number of anilines is 1. The molecule has 1 N–H and O–H groups in total. The third kappa shape index (κ3) is 6.15. The highest BCUT2D eigenvalue weighted by molar-refractivity contribution is 8.00. The molecule has 0 saturated heterocycles. The van der Waals surface area contributed by atoms with Gasteiger partial charge in [-0.25, -0.2) is 0 Å². The summed E-state index contributed by atoms with van der Waals surface area (Å²) >= 11 is 2.77. The molecule has 0 saturated carbocycles. The van der Waals surface area contributed by atoms with Crippen LogP contribution in [0.4, 0.5) is 5.13 Å². The lowest BCUT2D eigenvalue weighted by molar-refractivity contribution is -0.117. The van der Waals surface area contributed by atoms with Crippen molar-refractivity contribution in [2.24, 2.45) is 0 Å². The Morgan fingerprint density at radius 2 is 1.77 bits per heavy atom. The van der Waals surface area contributed by atoms with Gasteiger partial charge < -0.3 is 9.84 Å². The molecule has 1 aromatic heterocycles. The van der Waals surface area contributed by atoms with Gasteiger partial charge in [-0.05, 0) is 52.1 Å². The number of aliphatic hydroxyl groups excluding tert-OH is 1. The minimum atomic E-state index is -0.913. The molecule has 2 heterocycles. The van der Waals surface area contributed by atoms with Gasteiger partial charge >= 0.3 is 0 Å². The minimum Gasteiger partial charge on any atom is -0.503 e. The number of hydrogen-bond acceptors (Lipinski definition) is 8. The van der Waals surface area contributed by atoms with E-state index in [1.807, 2.05) is 73.7 Å². The van der Waals surface area contributed by atoms with E-state index in [2.05, 4.69) is 34.5 Å². The fourth-order valence-electron chi connectivity index (χ4n) is 5.11. The summed E-state index contributed by atoms with van der Waals surface area (Å²) < 4.78 is 6.52. The Kier molecular flexibility index (Phi) is 8.86. The molecule has 220 valence electrons. The van der Waals surface area contributed by atoms with E-state index in [0.29, 0.717) is 33.1 Å². The SMILES string of the molecule is CCCOc1cccc(C2C(C(=O)/C=C/c3ccccc3)=C(O)C(=O)N2c2nnc(SCc3cccc4ccccc34)s2)c1. The monoisotopic (exact) mass is 619 g/mol. The zero-order chi connectivity index (χ0) is 30.5. The number of carbonyl (C=O) groups is 2. The molecule has 0 radical (unpaired) electrons. The summed E-state index contributed by atoms with van der Waals surface area (Å²) in [6.45, 7) is 2.54. The van der Waals surface area contributed by atoms with Gasteiger partial charge in [-0.2, -0.15) is 0 Å². The highest BCUT2D eigenvalue weighted by atomic mass is 32.2. The van der Waals surface area contributed by atoms with E-state index in [0.717, 1.165) is 12.0 Å². The summed E-state index contributed by atoms with van der Waals surface area (Å²) in [4.78, 5) is 28.6. The van der Waals surface area contributed by atoms with Crippen molar-refractivity contribution in [3.8, 4) is 5.75 Å². The normalized spacial score (nSPS) is 15.1. The molecule has 7 nitrogen and oxygen atoms in total. The van der Waals surface area contributed by atoms with Crippen LogP contribution in [0.15, 0.2) is 119 Å². The summed E-state index contributed by atoms with van der Waals surface area (Å²) in [5, 5.41) is 22.5. The first-order chi connectivity index (χ1) is 21.5. The number of carbonyl (C=O) groups excluding carboxylic acids is 2. The second kappa shape index (κ2) is 13.3. The third-order valence-corrected chi connectivity index (χ3v) is 9.28. The van der Waals surface area contributed by atoms with Crippen molar-refractivity contribution < 1.29 is 19.4 Å². The molecule has 0 spiro atoms. The second-order valence-corrected chi connectivity index (χ2v) is 12.3. The highest BCUT2D eigenvalue weighted by Crippen LogP contribution is 2.44. The molecule has 1 atom stereocenters. The lowest BCUT2D eigenvalue weighted by Crippen LogP contribution is -2.30. The highest BCUT2D eigenvalue weighted by Gasteiger charge is 2.45. The largest absolute Gasteiger partial charge is 0.503 e. The maximum absolute atomic E-state index is 13.6. The Morgan fingerprint density at radius 1 is 1.00 bits per heavy atom. The van der Waals surface area contributed by atoms with Crippen LogP contribution in [0, 0.1) is 0 Å². The van der Waals surface area contributed by atoms with Gasteiger partial charge in [0.05, 0.1) is 18.2 Å². The van der Waals surface area contributed by atoms with E-state index in [1.54, 1.807) is 12.1 Å². The smallest absolute Gasteiger partial charge is 0.296 e. The van der Waals surface area contributed by atoms with Gasteiger partial charge in [-0.15, -0.1) is 10.2 Å². The first-order valence-corrected chi connectivity index (χ1v) is 16.0. The number of amides is 1. The van der Waals surface area contributed by atoms with E-state index < -0.39 is 23.5 Å². The average Bonchev–Trinajstić information content (AvgIpc) is 3.63. The number of rotatable bonds is 11. The number of aromatic nitrogens is 2. The van der Waals surface area contributed by atoms with E-state index in [4.69, 9.17) is 4.74 Å². The summed E-state index contributed by atoms with van der Waals surface area (Å²) in [6.07, 6.45) is 3.88. The maximum Gasteiger partial charge on any atom is 0.296 e. The number of ether oxygens (including phenoxy) is 1. The van der Waals surface area contributed by atoms with Crippen LogP contribution >= 0.6 is 23.1 Å². The van der Waals surface area contributed by atoms with Crippen LogP contribution in [0.5, 0.6) is 5.75 Å². The van der Waals surface area contributed by atoms with Crippen LogP contribution in [0.25, 0.3) is 16.8 Å². The molecule has 9 heteroatoms. The number of aliphatic hydroxyl groups is 1. The molecule has 1 aliphatic rings. The molecule has 1 amide bonds. The van der Waals surface area contributed by atoms with E-state index in [-0.39, 0.29) is 5.57 Å². The van der Waals surface area contributed by atoms with E-state index in [9.17, 15) is 14.7 Å². The fraction of sp³-hybridized carbons (Fsp3) is 0.143. The number of thioether (sulfide) groups is 1. The second-order valence-electron chi connectivity index (χ2n) is 10.1. The zero-order valence-electron chi connectivity index (χ0n) is 23.9. The predicted molar refractivity (Wildman–Crippen MR) is 176 cm³/mol. The number of benzene rings is 4. The maximum atomic E-state index is 13.6. The Bertz CT molecular complexity index is 1880. The molecule has 5 aromatic rings. The Labute approximate surface area is 263 Å². The van der Waals surface area contributed by atoms with Gasteiger partial charge in [0, 0.05) is 5.75 Å². The standard InChI is InChI=1S/C35H29N3O4S2/c1-2-20-42-27-16-9-14-25(21-27)31-30(29(39)19-18-23-10-4-3-5-11-23)32(40)33(41)38(31)34-36-37-35(44-34)43-22-26-15-8-13-24-12-6-7-17-28(24)26/h3-19,21,31,40H,2,20,22H2,1H3/b19-18+. The van der Waals surface area contributed by atoms with E-state index >= 15 is 0 Å². The Morgan fingerprint density at radius 3 is 2.61 bits per heavy atom. The summed E-state index contributed by atoms with van der Waals surface area (Å²) in [5.74, 6) is -0.492. The van der Waals surface area contributed by atoms with Crippen LogP contribution in [0.1, 0.15) is 36.1 Å². The fourth-order valence-corrected chi connectivity index (χ4v) is 6.98. The molecule has 6 rings (SSSR count). The van der Waals surface area contributed by atoms with Crippen molar-refractivity contribution in [3.63, 3.8) is 0 Å². The lowest BCUT2D eigenvalue weighted by Gasteiger charge is -2.24. The van der Waals surface area contributed by atoms with Gasteiger partial charge in [0.2, 0.25) is 5.13 Å². The molecule has 0 fully saturated rings. The minimum absolute atomic E-state index is 0.0185. The quantitative estimate of drug-likeness (QED) is 0.0911. The number of ketones is 1. The van der Waals surface area contributed by atoms with Gasteiger partial charge in [-0.1, -0.05) is 121 Å². The van der Waals surface area contributed by atoms with Gasteiger partial charge in [0.15, 0.2) is 15.9 Å². The molecular formula is C35H29N3O4S2. The number of nitrogens with zero attached hydrogens (tertiary/aromatic N) is 3. The van der Waals surface area contributed by atoms with Crippen molar-refractivity contribution in [3.05, 3.63) is 131 Å². The van der Waals surface area contributed by atoms with Crippen molar-refractivity contribution in [2.45, 2.75) is 29.5 Å². The number of allylic oxidation sites excluding steroid dienone is 1. The molecule has 1 unspecified atom stereocenters. The van der Waals surface area contributed by atoms with Crippen LogP contribution in [-0.4, -0.2) is 33.6 Å². The van der Waals surface area contributed by atoms with Crippen molar-refractivity contribution in [2.75, 3.05) is 11.5 Å². The molecule has 1 aliphatic heterocycles. The molecule has 0 aliphatic carbocycles. The Hall–Kier alpha value is -4.73. The molecule has 0 bridgehead atoms.